The molecule has 1 amide bonds. The normalized spacial score (nSPS) is 19.3. The maximum absolute atomic E-state index is 13.7. The van der Waals surface area contributed by atoms with Gasteiger partial charge in [-0.1, -0.05) is 49.4 Å². The maximum Gasteiger partial charge on any atom is 0.269 e. The van der Waals surface area contributed by atoms with Crippen molar-refractivity contribution in [3.63, 3.8) is 0 Å². The van der Waals surface area contributed by atoms with Crippen LogP contribution in [-0.2, 0) is 22.7 Å². The summed E-state index contributed by atoms with van der Waals surface area (Å²) < 4.78 is 5.26. The standard InChI is InChI=1S/C31H29BrN4O3S/c1-19-20(2)36(26-6-4-3-5-25(19)26)29(38)18-35-30(14-27(37)23-11-12-23)40-28(31(35)39)13-21-7-9-22(10-8-21)16-34-17-24(32)15-33-34/h3-10,13-15,17,19-20,23H,11-12,16,18H2,1-2H3/b28-13-,30-14-. The average Bonchev–Trinajstić information content (AvgIpc) is 3.61. The van der Waals surface area contributed by atoms with Gasteiger partial charge in [-0.05, 0) is 64.5 Å². The van der Waals surface area contributed by atoms with Gasteiger partial charge in [-0.15, -0.1) is 11.3 Å². The van der Waals surface area contributed by atoms with Crippen LogP contribution in [0.4, 0.5) is 5.69 Å². The number of hydrogen-bond donors (Lipinski definition) is 0. The lowest BCUT2D eigenvalue weighted by molar-refractivity contribution is -0.119. The molecule has 0 N–H and O–H groups in total. The van der Waals surface area contributed by atoms with Crippen molar-refractivity contribution in [2.75, 3.05) is 4.90 Å². The molecule has 4 aromatic rings. The van der Waals surface area contributed by atoms with E-state index < -0.39 is 0 Å². The molecular formula is C31H29BrN4O3S. The molecule has 0 spiro atoms. The molecule has 1 aliphatic carbocycles. The Hall–Kier alpha value is -3.56. The van der Waals surface area contributed by atoms with Crippen molar-refractivity contribution in [3.05, 3.63) is 102 Å². The molecule has 7 nitrogen and oxygen atoms in total. The highest BCUT2D eigenvalue weighted by Gasteiger charge is 2.36. The summed E-state index contributed by atoms with van der Waals surface area (Å²) in [7, 11) is 0. The summed E-state index contributed by atoms with van der Waals surface area (Å²) in [4.78, 5) is 41.8. The summed E-state index contributed by atoms with van der Waals surface area (Å²) in [6.07, 6.45) is 8.82. The Morgan fingerprint density at radius 2 is 1.85 bits per heavy atom. The fraction of sp³-hybridized carbons (Fsp3) is 0.290. The molecule has 1 aliphatic heterocycles. The van der Waals surface area contributed by atoms with Crippen LogP contribution in [0.5, 0.6) is 0 Å². The van der Waals surface area contributed by atoms with Crippen LogP contribution in [0.25, 0.3) is 12.2 Å². The first-order valence-corrected chi connectivity index (χ1v) is 15.0. The molecule has 1 saturated carbocycles. The van der Waals surface area contributed by atoms with Crippen LogP contribution >= 0.6 is 27.3 Å². The predicted octanol–water partition coefficient (Wildman–Crippen LogP) is 4.04. The van der Waals surface area contributed by atoms with E-state index in [1.54, 1.807) is 17.2 Å². The Morgan fingerprint density at radius 1 is 1.10 bits per heavy atom. The number of carbonyl (C=O) groups excluding carboxylic acids is 2. The molecule has 1 fully saturated rings. The largest absolute Gasteiger partial charge is 0.307 e. The van der Waals surface area contributed by atoms with Crippen LogP contribution in [-0.4, -0.2) is 32.1 Å². The molecule has 0 saturated heterocycles. The molecule has 6 rings (SSSR count). The van der Waals surface area contributed by atoms with E-state index in [4.69, 9.17) is 0 Å². The second-order valence-electron chi connectivity index (χ2n) is 10.6. The molecule has 40 heavy (non-hydrogen) atoms. The molecule has 204 valence electrons. The summed E-state index contributed by atoms with van der Waals surface area (Å²) in [5.74, 6) is 0.0996. The number of carbonyl (C=O) groups is 2. The monoisotopic (exact) mass is 616 g/mol. The number of nitrogens with zero attached hydrogens (tertiary/aromatic N) is 4. The van der Waals surface area contributed by atoms with Crippen LogP contribution in [0, 0.1) is 5.92 Å². The topological polar surface area (TPSA) is 77.2 Å². The van der Waals surface area contributed by atoms with E-state index in [0.717, 1.165) is 39.7 Å². The Morgan fingerprint density at radius 3 is 2.55 bits per heavy atom. The van der Waals surface area contributed by atoms with E-state index in [1.165, 1.54) is 15.9 Å². The lowest BCUT2D eigenvalue weighted by Crippen LogP contribution is -2.43. The van der Waals surface area contributed by atoms with E-state index >= 15 is 0 Å². The lowest BCUT2D eigenvalue weighted by Gasteiger charge is -2.24. The molecule has 0 radical (unpaired) electrons. The van der Waals surface area contributed by atoms with Crippen LogP contribution in [0.1, 0.15) is 49.3 Å². The number of halogens is 1. The Balaban J connectivity index is 1.33. The summed E-state index contributed by atoms with van der Waals surface area (Å²) in [6, 6.07) is 15.9. The number of amides is 1. The molecule has 3 heterocycles. The molecule has 2 aromatic heterocycles. The number of Topliss-reactive ketones (excluding diaryl/α,β-unsaturated/α-hetero) is 1. The Kier molecular flexibility index (Phi) is 7.18. The second-order valence-corrected chi connectivity index (χ2v) is 12.6. The van der Waals surface area contributed by atoms with Crippen molar-refractivity contribution < 1.29 is 9.59 Å². The Labute approximate surface area is 244 Å². The highest BCUT2D eigenvalue weighted by molar-refractivity contribution is 9.10. The quantitative estimate of drug-likeness (QED) is 0.314. The first-order valence-electron chi connectivity index (χ1n) is 13.4. The zero-order valence-electron chi connectivity index (χ0n) is 22.3. The number of hydrogen-bond acceptors (Lipinski definition) is 5. The van der Waals surface area contributed by atoms with E-state index in [2.05, 4.69) is 34.0 Å². The fourth-order valence-corrected chi connectivity index (χ4v) is 6.63. The van der Waals surface area contributed by atoms with Crippen LogP contribution in [0.3, 0.4) is 0 Å². The zero-order chi connectivity index (χ0) is 28.0. The van der Waals surface area contributed by atoms with Crippen molar-refractivity contribution >= 4 is 56.8 Å². The summed E-state index contributed by atoms with van der Waals surface area (Å²) >= 11 is 4.68. The SMILES string of the molecule is CC1c2ccccc2N(C(=O)Cn2c(=O)/c(=C/c3ccc(Cn4cc(Br)cn4)cc3)s/c2=C\C(=O)C2CC2)C1C. The van der Waals surface area contributed by atoms with E-state index in [1.807, 2.05) is 66.3 Å². The van der Waals surface area contributed by atoms with Crippen LogP contribution in [0.2, 0.25) is 0 Å². The number of fused-ring (bicyclic) bond motifs is 1. The van der Waals surface area contributed by atoms with Gasteiger partial charge in [0.1, 0.15) is 11.2 Å². The third-order valence-corrected chi connectivity index (χ3v) is 9.25. The van der Waals surface area contributed by atoms with Crippen molar-refractivity contribution in [2.45, 2.75) is 51.7 Å². The number of aromatic nitrogens is 3. The molecule has 2 unspecified atom stereocenters. The molecule has 2 atom stereocenters. The van der Waals surface area contributed by atoms with Gasteiger partial charge in [0.05, 0.1) is 21.7 Å². The van der Waals surface area contributed by atoms with Gasteiger partial charge >= 0.3 is 0 Å². The summed E-state index contributed by atoms with van der Waals surface area (Å²) in [5.41, 5.74) is 3.73. The van der Waals surface area contributed by atoms with E-state index in [9.17, 15) is 14.4 Å². The minimum Gasteiger partial charge on any atom is -0.307 e. The third-order valence-electron chi connectivity index (χ3n) is 7.79. The van der Waals surface area contributed by atoms with Crippen molar-refractivity contribution in [2.24, 2.45) is 5.92 Å². The number of thiazole rings is 1. The molecule has 9 heteroatoms. The van der Waals surface area contributed by atoms with Crippen LogP contribution in [0.15, 0.2) is 70.2 Å². The predicted molar refractivity (Wildman–Crippen MR) is 161 cm³/mol. The number of para-hydroxylation sites is 1. The molecule has 2 aliphatic rings. The van der Waals surface area contributed by atoms with Crippen LogP contribution < -0.4 is 19.7 Å². The van der Waals surface area contributed by atoms with E-state index in [0.29, 0.717) is 15.7 Å². The molecular weight excluding hydrogens is 588 g/mol. The average molecular weight is 618 g/mol. The fourth-order valence-electron chi connectivity index (χ4n) is 5.25. The number of ketones is 1. The van der Waals surface area contributed by atoms with Gasteiger partial charge in [-0.2, -0.15) is 5.10 Å². The highest BCUT2D eigenvalue weighted by atomic mass is 79.9. The van der Waals surface area contributed by atoms with Gasteiger partial charge in [0.25, 0.3) is 5.56 Å². The first-order chi connectivity index (χ1) is 19.3. The van der Waals surface area contributed by atoms with Crippen molar-refractivity contribution in [1.82, 2.24) is 14.3 Å². The van der Waals surface area contributed by atoms with Gasteiger partial charge in [0.2, 0.25) is 5.91 Å². The Bertz CT molecular complexity index is 1780. The van der Waals surface area contributed by atoms with Gasteiger partial charge in [0.15, 0.2) is 5.78 Å². The molecule has 0 bridgehead atoms. The smallest absolute Gasteiger partial charge is 0.269 e. The van der Waals surface area contributed by atoms with Gasteiger partial charge in [-0.3, -0.25) is 23.6 Å². The lowest BCUT2D eigenvalue weighted by atomic mass is 9.98. The zero-order valence-corrected chi connectivity index (χ0v) is 24.7. The number of benzene rings is 2. The first kappa shape index (κ1) is 26.7. The summed E-state index contributed by atoms with van der Waals surface area (Å²) in [6.45, 7) is 4.68. The van der Waals surface area contributed by atoms with Crippen molar-refractivity contribution in [1.29, 1.82) is 0 Å². The number of anilines is 1. The highest BCUT2D eigenvalue weighted by Crippen LogP contribution is 2.40. The third kappa shape index (κ3) is 5.28. The van der Waals surface area contributed by atoms with Crippen molar-refractivity contribution in [3.8, 4) is 0 Å². The second kappa shape index (κ2) is 10.8. The minimum absolute atomic E-state index is 0.0211. The maximum atomic E-state index is 13.7. The molecule has 2 aromatic carbocycles. The van der Waals surface area contributed by atoms with Gasteiger partial charge in [-0.25, -0.2) is 0 Å². The number of rotatable bonds is 7. The van der Waals surface area contributed by atoms with Gasteiger partial charge in [0, 0.05) is 35.8 Å². The summed E-state index contributed by atoms with van der Waals surface area (Å²) in [5, 5.41) is 4.30. The van der Waals surface area contributed by atoms with E-state index in [-0.39, 0.29) is 41.7 Å². The van der Waals surface area contributed by atoms with Gasteiger partial charge < -0.3 is 4.90 Å². The minimum atomic E-state index is -0.258.